The van der Waals surface area contributed by atoms with Crippen LogP contribution in [0.4, 0.5) is 0 Å². The molecule has 0 fully saturated rings. The molecule has 0 aliphatic rings. The molecule has 1 heteroatoms. The third-order valence-electron chi connectivity index (χ3n) is 5.19. The van der Waals surface area contributed by atoms with Crippen LogP contribution in [0, 0.1) is 0 Å². The van der Waals surface area contributed by atoms with Crippen LogP contribution in [-0.4, -0.2) is 5.11 Å². The fraction of sp³-hybridized carbons (Fsp3) is 0.0833. The molecule has 1 nitrogen and oxygen atoms in total. The molecule has 1 atom stereocenters. The highest BCUT2D eigenvalue weighted by Gasteiger charge is 2.15. The first kappa shape index (κ1) is 14.4. The van der Waals surface area contributed by atoms with Gasteiger partial charge >= 0.3 is 0 Å². The molecular weight excluding hydrogens is 304 g/mol. The third-order valence-corrected chi connectivity index (χ3v) is 5.19. The summed E-state index contributed by atoms with van der Waals surface area (Å²) >= 11 is 0. The Morgan fingerprint density at radius 3 is 2.00 bits per heavy atom. The molecule has 0 saturated heterocycles. The SMILES string of the molecule is OC(Cc1ccccc1)c1ccc2ccc3cccc4ccc1c2c34. The van der Waals surface area contributed by atoms with Crippen LogP contribution >= 0.6 is 0 Å². The second kappa shape index (κ2) is 5.58. The largest absolute Gasteiger partial charge is 0.388 e. The second-order valence-corrected chi connectivity index (χ2v) is 6.72. The minimum atomic E-state index is -0.507. The lowest BCUT2D eigenvalue weighted by molar-refractivity contribution is 0.180. The van der Waals surface area contributed by atoms with Crippen LogP contribution in [0.2, 0.25) is 0 Å². The lowest BCUT2D eigenvalue weighted by Gasteiger charge is -2.17. The first-order valence-electron chi connectivity index (χ1n) is 8.70. The van der Waals surface area contributed by atoms with Crippen LogP contribution < -0.4 is 0 Å². The van der Waals surface area contributed by atoms with Gasteiger partial charge in [0.15, 0.2) is 0 Å². The van der Waals surface area contributed by atoms with E-state index in [4.69, 9.17) is 0 Å². The highest BCUT2D eigenvalue weighted by atomic mass is 16.3. The summed E-state index contributed by atoms with van der Waals surface area (Å²) in [6, 6.07) is 29.5. The van der Waals surface area contributed by atoms with E-state index in [1.165, 1.54) is 26.9 Å². The fourth-order valence-electron chi connectivity index (χ4n) is 4.00. The number of rotatable bonds is 3. The summed E-state index contributed by atoms with van der Waals surface area (Å²) in [5.74, 6) is 0. The molecule has 0 aliphatic heterocycles. The zero-order valence-electron chi connectivity index (χ0n) is 13.8. The van der Waals surface area contributed by atoms with Crippen LogP contribution in [-0.2, 0) is 6.42 Å². The van der Waals surface area contributed by atoms with E-state index in [0.717, 1.165) is 16.5 Å². The predicted molar refractivity (Wildman–Crippen MR) is 105 cm³/mol. The Bertz CT molecular complexity index is 1160. The standard InChI is InChI=1S/C24H18O/c25-22(15-16-5-2-1-3-6-16)20-13-11-19-10-9-17-7-4-8-18-12-14-21(20)24(19)23(17)18/h1-14,22,25H,15H2. The molecule has 0 radical (unpaired) electrons. The van der Waals surface area contributed by atoms with Gasteiger partial charge in [-0.1, -0.05) is 84.9 Å². The van der Waals surface area contributed by atoms with Crippen LogP contribution in [0.3, 0.4) is 0 Å². The first-order chi connectivity index (χ1) is 12.3. The highest BCUT2D eigenvalue weighted by molar-refractivity contribution is 6.23. The molecule has 25 heavy (non-hydrogen) atoms. The van der Waals surface area contributed by atoms with Gasteiger partial charge in [0, 0.05) is 6.42 Å². The van der Waals surface area contributed by atoms with Gasteiger partial charge in [-0.3, -0.25) is 0 Å². The molecule has 0 spiro atoms. The Balaban J connectivity index is 1.73. The van der Waals surface area contributed by atoms with E-state index in [1.807, 2.05) is 18.2 Å². The van der Waals surface area contributed by atoms with Gasteiger partial charge in [0.1, 0.15) is 0 Å². The number of benzene rings is 5. The fourth-order valence-corrected chi connectivity index (χ4v) is 4.00. The summed E-state index contributed by atoms with van der Waals surface area (Å²) in [7, 11) is 0. The monoisotopic (exact) mass is 322 g/mol. The van der Waals surface area contributed by atoms with Gasteiger partial charge < -0.3 is 5.11 Å². The number of aliphatic hydroxyl groups excluding tert-OH is 1. The summed E-state index contributed by atoms with van der Waals surface area (Å²) in [6.07, 6.45) is 0.122. The van der Waals surface area contributed by atoms with E-state index in [1.54, 1.807) is 0 Å². The molecule has 0 heterocycles. The molecule has 0 saturated carbocycles. The van der Waals surface area contributed by atoms with Crippen molar-refractivity contribution >= 4 is 32.3 Å². The maximum absolute atomic E-state index is 10.9. The molecule has 5 aromatic carbocycles. The number of hydrogen-bond acceptors (Lipinski definition) is 1. The summed E-state index contributed by atoms with van der Waals surface area (Å²) < 4.78 is 0. The lowest BCUT2D eigenvalue weighted by atomic mass is 9.89. The highest BCUT2D eigenvalue weighted by Crippen LogP contribution is 2.37. The minimum absolute atomic E-state index is 0.507. The van der Waals surface area contributed by atoms with E-state index in [9.17, 15) is 5.11 Å². The molecule has 1 N–H and O–H groups in total. The summed E-state index contributed by atoms with van der Waals surface area (Å²) in [6.45, 7) is 0. The van der Waals surface area contributed by atoms with E-state index in [-0.39, 0.29) is 0 Å². The van der Waals surface area contributed by atoms with Crippen LogP contribution in [0.25, 0.3) is 32.3 Å². The minimum Gasteiger partial charge on any atom is -0.388 e. The molecule has 0 aliphatic carbocycles. The Hall–Kier alpha value is -2.90. The number of hydrogen-bond donors (Lipinski definition) is 1. The molecule has 120 valence electrons. The zero-order chi connectivity index (χ0) is 16.8. The quantitative estimate of drug-likeness (QED) is 0.412. The van der Waals surface area contributed by atoms with Crippen LogP contribution in [0.5, 0.6) is 0 Å². The summed E-state index contributed by atoms with van der Waals surface area (Å²) in [5.41, 5.74) is 2.16. The second-order valence-electron chi connectivity index (χ2n) is 6.72. The van der Waals surface area contributed by atoms with Gasteiger partial charge in [-0.25, -0.2) is 0 Å². The maximum Gasteiger partial charge on any atom is 0.0836 e. The first-order valence-corrected chi connectivity index (χ1v) is 8.70. The molecule has 5 aromatic rings. The third kappa shape index (κ3) is 2.28. The Labute approximate surface area is 146 Å². The van der Waals surface area contributed by atoms with Gasteiger partial charge in [0.05, 0.1) is 6.10 Å². The van der Waals surface area contributed by atoms with Crippen molar-refractivity contribution in [2.75, 3.05) is 0 Å². The van der Waals surface area contributed by atoms with E-state index >= 15 is 0 Å². The normalized spacial score (nSPS) is 13.0. The van der Waals surface area contributed by atoms with Crippen molar-refractivity contribution in [2.24, 2.45) is 0 Å². The Kier molecular flexibility index (Phi) is 3.22. The summed E-state index contributed by atoms with van der Waals surface area (Å²) in [5, 5.41) is 18.4. The summed E-state index contributed by atoms with van der Waals surface area (Å²) in [4.78, 5) is 0. The van der Waals surface area contributed by atoms with Crippen molar-refractivity contribution < 1.29 is 5.11 Å². The van der Waals surface area contributed by atoms with Crippen LogP contribution in [0.15, 0.2) is 84.9 Å². The van der Waals surface area contributed by atoms with Crippen molar-refractivity contribution in [3.05, 3.63) is 96.1 Å². The Morgan fingerprint density at radius 2 is 1.24 bits per heavy atom. The molecule has 5 rings (SSSR count). The average molecular weight is 322 g/mol. The van der Waals surface area contributed by atoms with E-state index in [2.05, 4.69) is 66.7 Å². The smallest absolute Gasteiger partial charge is 0.0836 e. The molecule has 0 aromatic heterocycles. The van der Waals surface area contributed by atoms with Gasteiger partial charge in [0.25, 0.3) is 0 Å². The van der Waals surface area contributed by atoms with Gasteiger partial charge in [-0.2, -0.15) is 0 Å². The van der Waals surface area contributed by atoms with E-state index < -0.39 is 6.10 Å². The van der Waals surface area contributed by atoms with Crippen LogP contribution in [0.1, 0.15) is 17.2 Å². The molecule has 1 unspecified atom stereocenters. The maximum atomic E-state index is 10.9. The molecule has 0 bridgehead atoms. The number of aliphatic hydroxyl groups is 1. The van der Waals surface area contributed by atoms with Gasteiger partial charge in [-0.15, -0.1) is 0 Å². The van der Waals surface area contributed by atoms with Crippen molar-refractivity contribution in [1.29, 1.82) is 0 Å². The predicted octanol–water partition coefficient (Wildman–Crippen LogP) is 5.86. The van der Waals surface area contributed by atoms with Gasteiger partial charge in [-0.05, 0) is 43.4 Å². The lowest BCUT2D eigenvalue weighted by Crippen LogP contribution is -2.03. The van der Waals surface area contributed by atoms with E-state index in [0.29, 0.717) is 6.42 Å². The van der Waals surface area contributed by atoms with Crippen molar-refractivity contribution in [3.63, 3.8) is 0 Å². The van der Waals surface area contributed by atoms with Gasteiger partial charge in [0.2, 0.25) is 0 Å². The van der Waals surface area contributed by atoms with Crippen molar-refractivity contribution in [3.8, 4) is 0 Å². The average Bonchev–Trinajstić information content (AvgIpc) is 2.67. The topological polar surface area (TPSA) is 20.2 Å². The Morgan fingerprint density at radius 1 is 0.600 bits per heavy atom. The molecular formula is C24H18O. The van der Waals surface area contributed by atoms with Crippen molar-refractivity contribution in [1.82, 2.24) is 0 Å². The molecule has 0 amide bonds. The zero-order valence-corrected chi connectivity index (χ0v) is 13.8. The van der Waals surface area contributed by atoms with Crippen molar-refractivity contribution in [2.45, 2.75) is 12.5 Å².